The molecule has 0 saturated carbocycles. The maximum absolute atomic E-state index is 9.09. The second kappa shape index (κ2) is 8.11. The molecule has 4 rings (SSSR count). The van der Waals surface area contributed by atoms with E-state index in [1.807, 2.05) is 48.6 Å². The first kappa shape index (κ1) is 19.2. The fourth-order valence-corrected chi connectivity index (χ4v) is 6.39. The third kappa shape index (κ3) is 3.41. The Morgan fingerprint density at radius 2 is 1.10 bits per heavy atom. The van der Waals surface area contributed by atoms with Crippen molar-refractivity contribution in [3.63, 3.8) is 0 Å². The number of aromatic nitrogens is 2. The lowest BCUT2D eigenvalue weighted by atomic mass is 9.85. The van der Waals surface area contributed by atoms with Crippen LogP contribution < -0.4 is 0 Å². The van der Waals surface area contributed by atoms with Gasteiger partial charge in [0.15, 0.2) is 0 Å². The average molecular weight is 431 g/mol. The summed E-state index contributed by atoms with van der Waals surface area (Å²) in [5.41, 5.74) is 2.07. The molecule has 0 spiro atoms. The number of thioether (sulfide) groups is 2. The smallest absolute Gasteiger partial charge is 0.143 e. The van der Waals surface area contributed by atoms with Crippen LogP contribution in [0.5, 0.6) is 0 Å². The molecule has 138 valence electrons. The van der Waals surface area contributed by atoms with E-state index in [1.54, 1.807) is 0 Å². The zero-order chi connectivity index (χ0) is 20.4. The van der Waals surface area contributed by atoms with Crippen LogP contribution in [0.2, 0.25) is 0 Å². The second-order valence-corrected chi connectivity index (χ2v) is 9.25. The highest BCUT2D eigenvalue weighted by atomic mass is 32.2. The molecule has 4 unspecified atom stereocenters. The Hall–Kier alpha value is -3.08. The maximum Gasteiger partial charge on any atom is 0.143 e. The first-order valence-corrected chi connectivity index (χ1v) is 11.0. The molecule has 0 radical (unpaired) electrons. The highest BCUT2D eigenvalue weighted by Crippen LogP contribution is 2.48. The zero-order valence-electron chi connectivity index (χ0n) is 14.7. The van der Waals surface area contributed by atoms with Crippen LogP contribution in [0.1, 0.15) is 23.2 Å². The summed E-state index contributed by atoms with van der Waals surface area (Å²) in [6.07, 6.45) is 11.9. The Morgan fingerprint density at radius 3 is 1.48 bits per heavy atom. The van der Waals surface area contributed by atoms with Crippen molar-refractivity contribution in [3.05, 3.63) is 68.8 Å². The molecular weight excluding hydrogens is 420 g/mol. The lowest BCUT2D eigenvalue weighted by molar-refractivity contribution is 0.743. The predicted octanol–water partition coefficient (Wildman–Crippen LogP) is 4.22. The van der Waals surface area contributed by atoms with E-state index in [1.165, 1.54) is 35.3 Å². The van der Waals surface area contributed by atoms with Gasteiger partial charge < -0.3 is 0 Å². The Kier molecular flexibility index (Phi) is 5.38. The van der Waals surface area contributed by atoms with Crippen molar-refractivity contribution in [1.29, 1.82) is 21.0 Å². The van der Waals surface area contributed by atoms with Crippen molar-refractivity contribution in [2.45, 2.75) is 22.3 Å². The fraction of sp³-hybridized carbons (Fsp3) is 0.200. The van der Waals surface area contributed by atoms with Gasteiger partial charge in [-0.2, -0.15) is 29.8 Å². The van der Waals surface area contributed by atoms with Crippen LogP contribution in [0.4, 0.5) is 0 Å². The molecule has 0 N–H and O–H groups in total. The van der Waals surface area contributed by atoms with Crippen LogP contribution in [0.15, 0.2) is 57.4 Å². The lowest BCUT2D eigenvalue weighted by Crippen LogP contribution is -2.21. The predicted molar refractivity (Wildman–Crippen MR) is 112 cm³/mol. The summed E-state index contributed by atoms with van der Waals surface area (Å²) in [5.74, 6) is 0.0214. The molecule has 2 aliphatic heterocycles. The summed E-state index contributed by atoms with van der Waals surface area (Å²) < 4.78 is 9.07. The summed E-state index contributed by atoms with van der Waals surface area (Å²) in [5, 5.41) is 36.5. The van der Waals surface area contributed by atoms with Gasteiger partial charge in [-0.3, -0.25) is 0 Å². The van der Waals surface area contributed by atoms with Crippen molar-refractivity contribution in [1.82, 2.24) is 8.75 Å². The molecule has 1 aromatic rings. The third-order valence-electron chi connectivity index (χ3n) is 4.75. The van der Waals surface area contributed by atoms with E-state index in [-0.39, 0.29) is 33.5 Å². The third-order valence-corrected chi connectivity index (χ3v) is 7.94. The van der Waals surface area contributed by atoms with Gasteiger partial charge in [0.2, 0.25) is 0 Å². The first-order chi connectivity index (χ1) is 14.2. The van der Waals surface area contributed by atoms with E-state index in [9.17, 15) is 0 Å². The molecule has 0 saturated heterocycles. The van der Waals surface area contributed by atoms with Crippen molar-refractivity contribution >= 4 is 35.3 Å². The molecule has 0 fully saturated rings. The molecule has 0 aromatic carbocycles. The highest BCUT2D eigenvalue weighted by Gasteiger charge is 2.37. The fourth-order valence-electron chi connectivity index (χ4n) is 3.37. The van der Waals surface area contributed by atoms with Gasteiger partial charge in [0.1, 0.15) is 35.4 Å². The monoisotopic (exact) mass is 430 g/mol. The Bertz CT molecular complexity index is 1070. The zero-order valence-corrected chi connectivity index (χ0v) is 17.1. The van der Waals surface area contributed by atoms with Crippen molar-refractivity contribution in [2.75, 3.05) is 0 Å². The number of fused-ring (bicyclic) bond motifs is 1. The topological polar surface area (TPSA) is 121 Å². The minimum Gasteiger partial charge on any atom is -0.192 e. The van der Waals surface area contributed by atoms with Gasteiger partial charge in [-0.1, -0.05) is 24.3 Å². The van der Waals surface area contributed by atoms with Gasteiger partial charge in [0.05, 0.1) is 23.1 Å². The molecule has 4 atom stereocenters. The Labute approximate surface area is 180 Å². The standard InChI is InChI=1S/C20H10N6S3/c21-7-11(8-22)15-3-5-17(27-15)13-1-2-14(20-19(13)25-29-26-20)18-6-4-16(28-18)12(9-23)10-24/h1-6,13-14,17-18H. The molecule has 0 bridgehead atoms. The van der Waals surface area contributed by atoms with Gasteiger partial charge in [0, 0.05) is 32.1 Å². The molecule has 1 aromatic heterocycles. The quantitative estimate of drug-likeness (QED) is 0.505. The molecule has 6 nitrogen and oxygen atoms in total. The summed E-state index contributed by atoms with van der Waals surface area (Å²) in [7, 11) is 0. The molecule has 3 heterocycles. The lowest BCUT2D eigenvalue weighted by Gasteiger charge is -2.26. The number of rotatable bonds is 2. The number of nitriles is 4. The van der Waals surface area contributed by atoms with E-state index in [0.29, 0.717) is 9.81 Å². The number of nitrogens with zero attached hydrogens (tertiary/aromatic N) is 6. The van der Waals surface area contributed by atoms with Crippen LogP contribution >= 0.6 is 35.3 Å². The minimum atomic E-state index is 0.0107. The largest absolute Gasteiger partial charge is 0.192 e. The SMILES string of the molecule is N#CC(C#N)=C1C=CC(C2C=CC(C3C=CC(=C(C#N)C#N)S3)c3nsnc32)S1. The number of hydrogen-bond acceptors (Lipinski definition) is 9. The number of hydrogen-bond donors (Lipinski definition) is 0. The van der Waals surface area contributed by atoms with Gasteiger partial charge >= 0.3 is 0 Å². The van der Waals surface area contributed by atoms with Gasteiger partial charge in [0.25, 0.3) is 0 Å². The molecule has 0 amide bonds. The van der Waals surface area contributed by atoms with Crippen molar-refractivity contribution < 1.29 is 0 Å². The summed E-state index contributed by atoms with van der Waals surface area (Å²) >= 11 is 4.16. The average Bonchev–Trinajstić information content (AvgIpc) is 3.50. The highest BCUT2D eigenvalue weighted by molar-refractivity contribution is 8.04. The van der Waals surface area contributed by atoms with E-state index < -0.39 is 0 Å². The van der Waals surface area contributed by atoms with Crippen LogP contribution in [0.25, 0.3) is 0 Å². The van der Waals surface area contributed by atoms with Crippen molar-refractivity contribution in [3.8, 4) is 24.3 Å². The summed E-state index contributed by atoms with van der Waals surface area (Å²) in [4.78, 5) is 1.37. The van der Waals surface area contributed by atoms with E-state index in [2.05, 4.69) is 20.9 Å². The Balaban J connectivity index is 1.59. The second-order valence-electron chi connectivity index (χ2n) is 6.28. The normalized spacial score (nSPS) is 26.3. The number of allylic oxidation sites excluding steroid dienone is 6. The summed E-state index contributed by atoms with van der Waals surface area (Å²) in [6.45, 7) is 0. The van der Waals surface area contributed by atoms with E-state index in [0.717, 1.165) is 11.4 Å². The molecule has 3 aliphatic rings. The minimum absolute atomic E-state index is 0.0107. The van der Waals surface area contributed by atoms with Crippen LogP contribution in [-0.4, -0.2) is 19.2 Å². The van der Waals surface area contributed by atoms with Crippen LogP contribution in [-0.2, 0) is 0 Å². The molecule has 9 heteroatoms. The molecular formula is C20H10N6S3. The van der Waals surface area contributed by atoms with Crippen LogP contribution in [0.3, 0.4) is 0 Å². The molecule has 1 aliphatic carbocycles. The summed E-state index contributed by atoms with van der Waals surface area (Å²) in [6, 6.07) is 7.76. The van der Waals surface area contributed by atoms with Gasteiger partial charge in [-0.15, -0.1) is 23.5 Å². The van der Waals surface area contributed by atoms with Crippen molar-refractivity contribution in [2.24, 2.45) is 0 Å². The van der Waals surface area contributed by atoms with Crippen LogP contribution in [0, 0.1) is 45.3 Å². The molecule has 29 heavy (non-hydrogen) atoms. The Morgan fingerprint density at radius 1 is 0.690 bits per heavy atom. The van der Waals surface area contributed by atoms with E-state index >= 15 is 0 Å². The van der Waals surface area contributed by atoms with Gasteiger partial charge in [-0.25, -0.2) is 0 Å². The van der Waals surface area contributed by atoms with Gasteiger partial charge in [-0.05, 0) is 12.2 Å². The van der Waals surface area contributed by atoms with E-state index in [4.69, 9.17) is 21.0 Å². The maximum atomic E-state index is 9.09. The first-order valence-electron chi connectivity index (χ1n) is 8.49.